The number of rotatable bonds is 7. The van der Waals surface area contributed by atoms with Crippen LogP contribution in [0.3, 0.4) is 0 Å². The second kappa shape index (κ2) is 7.46. The van der Waals surface area contributed by atoms with Crippen molar-refractivity contribution in [1.82, 2.24) is 4.90 Å². The Kier molecular flexibility index (Phi) is 6.22. The van der Waals surface area contributed by atoms with Crippen LogP contribution >= 0.6 is 0 Å². The van der Waals surface area contributed by atoms with E-state index in [0.29, 0.717) is 25.6 Å². The van der Waals surface area contributed by atoms with E-state index in [0.717, 1.165) is 12.1 Å². The minimum atomic E-state index is -3.97. The number of carbonyl (C=O) groups excluding carboxylic acids is 1. The number of benzene rings is 1. The second-order valence-electron chi connectivity index (χ2n) is 4.60. The van der Waals surface area contributed by atoms with Crippen molar-refractivity contribution in [3.05, 3.63) is 29.8 Å². The zero-order valence-electron chi connectivity index (χ0n) is 11.7. The van der Waals surface area contributed by atoms with E-state index in [-0.39, 0.29) is 12.3 Å². The number of amides is 1. The maximum Gasteiger partial charge on any atom is 0.223 e. The first-order valence-corrected chi connectivity index (χ1v) is 8.05. The first-order chi connectivity index (χ1) is 9.77. The molecule has 1 amide bonds. The summed E-state index contributed by atoms with van der Waals surface area (Å²) in [4.78, 5) is 12.5. The number of carbonyl (C=O) groups is 1. The van der Waals surface area contributed by atoms with Crippen molar-refractivity contribution in [2.24, 2.45) is 5.73 Å². The molecule has 21 heavy (non-hydrogen) atoms. The van der Waals surface area contributed by atoms with E-state index in [1.807, 2.05) is 0 Å². The molecule has 1 aromatic carbocycles. The van der Waals surface area contributed by atoms with Gasteiger partial charge < -0.3 is 10.6 Å². The van der Waals surface area contributed by atoms with Gasteiger partial charge in [0.2, 0.25) is 5.91 Å². The smallest absolute Gasteiger partial charge is 0.223 e. The summed E-state index contributed by atoms with van der Waals surface area (Å²) in [6, 6.07) is 2.23. The molecular formula is C13H18F2N2O3S. The minimum absolute atomic E-state index is 0.264. The molecule has 0 aromatic heterocycles. The van der Waals surface area contributed by atoms with Gasteiger partial charge in [-0.25, -0.2) is 17.2 Å². The molecule has 5 nitrogen and oxygen atoms in total. The van der Waals surface area contributed by atoms with Gasteiger partial charge in [-0.1, -0.05) is 0 Å². The molecule has 1 aromatic rings. The monoisotopic (exact) mass is 320 g/mol. The van der Waals surface area contributed by atoms with E-state index in [9.17, 15) is 22.0 Å². The van der Waals surface area contributed by atoms with Gasteiger partial charge >= 0.3 is 0 Å². The third kappa shape index (κ3) is 5.05. The molecule has 2 N–H and O–H groups in total. The first-order valence-electron chi connectivity index (χ1n) is 6.40. The SMILES string of the molecule is CN(CCCN)C(=O)CCS(=O)(=O)c1ccc(F)cc1F. The van der Waals surface area contributed by atoms with Crippen molar-refractivity contribution in [3.63, 3.8) is 0 Å². The molecule has 0 aliphatic heterocycles. The lowest BCUT2D eigenvalue weighted by molar-refractivity contribution is -0.129. The number of halogens is 2. The zero-order valence-corrected chi connectivity index (χ0v) is 12.5. The van der Waals surface area contributed by atoms with Gasteiger partial charge in [-0.05, 0) is 25.1 Å². The van der Waals surface area contributed by atoms with Crippen LogP contribution in [0.2, 0.25) is 0 Å². The fourth-order valence-electron chi connectivity index (χ4n) is 1.70. The summed E-state index contributed by atoms with van der Waals surface area (Å²) in [5.74, 6) is -2.90. The van der Waals surface area contributed by atoms with Crippen LogP contribution in [-0.4, -0.2) is 45.1 Å². The molecule has 0 spiro atoms. The van der Waals surface area contributed by atoms with E-state index in [1.54, 1.807) is 7.05 Å². The Labute approximate surface area is 122 Å². The number of hydrogen-bond donors (Lipinski definition) is 1. The highest BCUT2D eigenvalue weighted by atomic mass is 32.2. The van der Waals surface area contributed by atoms with Crippen molar-refractivity contribution < 1.29 is 22.0 Å². The lowest BCUT2D eigenvalue weighted by Crippen LogP contribution is -2.30. The van der Waals surface area contributed by atoms with E-state index in [2.05, 4.69) is 0 Å². The third-order valence-corrected chi connectivity index (χ3v) is 4.68. The maximum absolute atomic E-state index is 13.5. The molecule has 0 saturated carbocycles. The Hall–Kier alpha value is -1.54. The van der Waals surface area contributed by atoms with E-state index in [4.69, 9.17) is 5.73 Å². The fourth-order valence-corrected chi connectivity index (χ4v) is 3.00. The van der Waals surface area contributed by atoms with Crippen molar-refractivity contribution in [2.45, 2.75) is 17.7 Å². The normalized spacial score (nSPS) is 11.4. The molecule has 118 valence electrons. The van der Waals surface area contributed by atoms with Gasteiger partial charge in [0, 0.05) is 26.1 Å². The molecule has 0 fully saturated rings. The van der Waals surface area contributed by atoms with Crippen molar-refractivity contribution in [1.29, 1.82) is 0 Å². The predicted octanol–water partition coefficient (Wildman–Crippen LogP) is 0.936. The van der Waals surface area contributed by atoms with Crippen LogP contribution in [0.5, 0.6) is 0 Å². The van der Waals surface area contributed by atoms with Crippen LogP contribution in [-0.2, 0) is 14.6 Å². The van der Waals surface area contributed by atoms with E-state index >= 15 is 0 Å². The first kappa shape index (κ1) is 17.5. The van der Waals surface area contributed by atoms with Gasteiger partial charge in [-0.15, -0.1) is 0 Å². The molecule has 0 aliphatic rings. The van der Waals surface area contributed by atoms with Gasteiger partial charge in [0.05, 0.1) is 5.75 Å². The van der Waals surface area contributed by atoms with Gasteiger partial charge in [0.15, 0.2) is 9.84 Å². The molecule has 0 bridgehead atoms. The Morgan fingerprint density at radius 2 is 2.00 bits per heavy atom. The molecule has 0 radical (unpaired) electrons. The van der Waals surface area contributed by atoms with Gasteiger partial charge in [0.25, 0.3) is 0 Å². The van der Waals surface area contributed by atoms with Gasteiger partial charge in [-0.2, -0.15) is 0 Å². The van der Waals surface area contributed by atoms with Crippen molar-refractivity contribution in [3.8, 4) is 0 Å². The van der Waals surface area contributed by atoms with Crippen LogP contribution in [0, 0.1) is 11.6 Å². The van der Waals surface area contributed by atoms with Crippen LogP contribution in [0.1, 0.15) is 12.8 Å². The molecule has 8 heteroatoms. The highest BCUT2D eigenvalue weighted by Gasteiger charge is 2.21. The number of nitrogens with two attached hydrogens (primary N) is 1. The van der Waals surface area contributed by atoms with Crippen LogP contribution in [0.25, 0.3) is 0 Å². The van der Waals surface area contributed by atoms with Gasteiger partial charge in [-0.3, -0.25) is 4.79 Å². The minimum Gasteiger partial charge on any atom is -0.346 e. The molecule has 0 heterocycles. The summed E-state index contributed by atoms with van der Waals surface area (Å²) in [5, 5.41) is 0. The molecule has 0 unspecified atom stereocenters. The summed E-state index contributed by atoms with van der Waals surface area (Å²) in [5.41, 5.74) is 5.32. The van der Waals surface area contributed by atoms with Crippen molar-refractivity contribution in [2.75, 3.05) is 25.9 Å². The Morgan fingerprint density at radius 3 is 2.57 bits per heavy atom. The Morgan fingerprint density at radius 1 is 1.33 bits per heavy atom. The van der Waals surface area contributed by atoms with Crippen molar-refractivity contribution >= 4 is 15.7 Å². The van der Waals surface area contributed by atoms with Crippen LogP contribution in [0.15, 0.2) is 23.1 Å². The summed E-state index contributed by atoms with van der Waals surface area (Å²) in [7, 11) is -2.43. The van der Waals surface area contributed by atoms with Crippen LogP contribution < -0.4 is 5.73 Å². The summed E-state index contributed by atoms with van der Waals surface area (Å²) in [6.45, 7) is 0.858. The largest absolute Gasteiger partial charge is 0.346 e. The molecule has 0 saturated heterocycles. The summed E-state index contributed by atoms with van der Waals surface area (Å²) < 4.78 is 50.1. The average Bonchev–Trinajstić information content (AvgIpc) is 2.41. The van der Waals surface area contributed by atoms with E-state index < -0.39 is 32.1 Å². The highest BCUT2D eigenvalue weighted by Crippen LogP contribution is 2.17. The van der Waals surface area contributed by atoms with Crippen LogP contribution in [0.4, 0.5) is 8.78 Å². The number of nitrogens with zero attached hydrogens (tertiary/aromatic N) is 1. The highest BCUT2D eigenvalue weighted by molar-refractivity contribution is 7.91. The Balaban J connectivity index is 2.71. The lowest BCUT2D eigenvalue weighted by atomic mass is 10.3. The summed E-state index contributed by atoms with van der Waals surface area (Å²) in [6.07, 6.45) is 0.349. The molecule has 1 rings (SSSR count). The second-order valence-corrected chi connectivity index (χ2v) is 6.68. The Bertz CT molecular complexity index is 605. The fraction of sp³-hybridized carbons (Fsp3) is 0.462. The molecular weight excluding hydrogens is 302 g/mol. The zero-order chi connectivity index (χ0) is 16.0. The predicted molar refractivity (Wildman–Crippen MR) is 74.3 cm³/mol. The maximum atomic E-state index is 13.5. The van der Waals surface area contributed by atoms with Gasteiger partial charge in [0.1, 0.15) is 16.5 Å². The molecule has 0 aliphatic carbocycles. The number of hydrogen-bond acceptors (Lipinski definition) is 4. The van der Waals surface area contributed by atoms with E-state index in [1.165, 1.54) is 4.90 Å². The average molecular weight is 320 g/mol. The number of sulfone groups is 1. The third-order valence-electron chi connectivity index (χ3n) is 2.94. The summed E-state index contributed by atoms with van der Waals surface area (Å²) >= 11 is 0. The standard InChI is InChI=1S/C13H18F2N2O3S/c1-17(7-2-6-16)13(18)5-8-21(19,20)12-4-3-10(14)9-11(12)15/h3-4,9H,2,5-8,16H2,1H3. The lowest BCUT2D eigenvalue weighted by Gasteiger charge is -2.16. The topological polar surface area (TPSA) is 80.5 Å². The quantitative estimate of drug-likeness (QED) is 0.758. The molecule has 0 atom stereocenters.